The van der Waals surface area contributed by atoms with Gasteiger partial charge in [0, 0.05) is 45.3 Å². The summed E-state index contributed by atoms with van der Waals surface area (Å²) in [5.74, 6) is 1.18. The molecular formula is C23H27N5O2S. The molecule has 1 aliphatic heterocycles. The number of unbranched alkanes of at least 4 members (excludes halogenated alkanes) is 2. The van der Waals surface area contributed by atoms with Crippen molar-refractivity contribution in [3.8, 4) is 0 Å². The Morgan fingerprint density at radius 3 is 2.55 bits per heavy atom. The number of hydrogen-bond acceptors (Lipinski definition) is 5. The van der Waals surface area contributed by atoms with Crippen LogP contribution in [-0.4, -0.2) is 51.5 Å². The highest BCUT2D eigenvalue weighted by molar-refractivity contribution is 7.71. The Hall–Kier alpha value is -3.00. The molecule has 0 unspecified atom stereocenters. The highest BCUT2D eigenvalue weighted by Gasteiger charge is 2.21. The first-order chi connectivity index (χ1) is 15.1. The van der Waals surface area contributed by atoms with E-state index in [1.807, 2.05) is 47.4 Å². The van der Waals surface area contributed by atoms with Crippen molar-refractivity contribution >= 4 is 34.8 Å². The minimum atomic E-state index is -0.0544. The highest BCUT2D eigenvalue weighted by Crippen LogP contribution is 2.14. The summed E-state index contributed by atoms with van der Waals surface area (Å²) in [6, 6.07) is 13.3. The van der Waals surface area contributed by atoms with E-state index in [1.165, 1.54) is 0 Å². The fourth-order valence-corrected chi connectivity index (χ4v) is 4.29. The van der Waals surface area contributed by atoms with E-state index in [4.69, 9.17) is 12.2 Å². The van der Waals surface area contributed by atoms with Gasteiger partial charge in [0.05, 0.1) is 10.9 Å². The third kappa shape index (κ3) is 5.02. The van der Waals surface area contributed by atoms with Crippen LogP contribution in [0.15, 0.2) is 53.5 Å². The average molecular weight is 438 g/mol. The van der Waals surface area contributed by atoms with E-state index in [-0.39, 0.29) is 11.5 Å². The van der Waals surface area contributed by atoms with Gasteiger partial charge in [0.1, 0.15) is 5.82 Å². The van der Waals surface area contributed by atoms with Gasteiger partial charge in [-0.2, -0.15) is 0 Å². The predicted octanol–water partition coefficient (Wildman–Crippen LogP) is 3.36. The summed E-state index contributed by atoms with van der Waals surface area (Å²) in [6.45, 7) is 3.65. The topological polar surface area (TPSA) is 74.2 Å². The molecule has 1 aromatic carbocycles. The number of para-hydroxylation sites is 1. The molecule has 3 heterocycles. The number of nitrogens with zero attached hydrogens (tertiary/aromatic N) is 4. The molecule has 0 aliphatic carbocycles. The number of carbonyl (C=O) groups excluding carboxylic acids is 1. The summed E-state index contributed by atoms with van der Waals surface area (Å²) in [5.41, 5.74) is 0.712. The van der Waals surface area contributed by atoms with Gasteiger partial charge >= 0.3 is 0 Å². The predicted molar refractivity (Wildman–Crippen MR) is 125 cm³/mol. The molecule has 1 aliphatic rings. The van der Waals surface area contributed by atoms with Gasteiger partial charge in [-0.25, -0.2) is 4.98 Å². The van der Waals surface area contributed by atoms with Crippen LogP contribution in [0.3, 0.4) is 0 Å². The number of fused-ring (bicyclic) bond motifs is 1. The van der Waals surface area contributed by atoms with E-state index in [1.54, 1.807) is 10.8 Å². The zero-order valence-corrected chi connectivity index (χ0v) is 18.3. The number of nitrogens with one attached hydrogen (secondary N) is 1. The zero-order valence-electron chi connectivity index (χ0n) is 17.5. The summed E-state index contributed by atoms with van der Waals surface area (Å²) in [6.07, 6.45) is 4.86. The zero-order chi connectivity index (χ0) is 21.6. The molecule has 1 fully saturated rings. The SMILES string of the molecule is O=C(CCCCCn1c(=S)[nH]c2ccccc2c1=O)N1CCN(c2ccccn2)CC1. The Labute approximate surface area is 186 Å². The molecule has 2 aromatic heterocycles. The van der Waals surface area contributed by atoms with E-state index in [2.05, 4.69) is 14.9 Å². The number of carbonyl (C=O) groups is 1. The van der Waals surface area contributed by atoms with E-state index >= 15 is 0 Å². The number of anilines is 1. The van der Waals surface area contributed by atoms with Gasteiger partial charge in [0.2, 0.25) is 5.91 Å². The Kier molecular flexibility index (Phi) is 6.76. The highest BCUT2D eigenvalue weighted by atomic mass is 32.1. The standard InChI is InChI=1S/C23H27N5O2S/c29-21(27-16-14-26(15-17-27)20-10-5-6-12-24-20)11-2-1-7-13-28-22(30)18-8-3-4-9-19(18)25-23(28)31/h3-6,8-10,12H,1-2,7,11,13-17H2,(H,25,31). The molecular weight excluding hydrogens is 410 g/mol. The van der Waals surface area contributed by atoms with E-state index in [0.717, 1.165) is 56.8 Å². The molecule has 3 aromatic rings. The Morgan fingerprint density at radius 1 is 1.00 bits per heavy atom. The molecule has 0 spiro atoms. The molecule has 7 nitrogen and oxygen atoms in total. The quantitative estimate of drug-likeness (QED) is 0.453. The second-order valence-electron chi connectivity index (χ2n) is 7.80. The van der Waals surface area contributed by atoms with Crippen LogP contribution in [0.2, 0.25) is 0 Å². The van der Waals surface area contributed by atoms with E-state index < -0.39 is 0 Å². The maximum atomic E-state index is 12.7. The number of H-pyrrole nitrogens is 1. The molecule has 8 heteroatoms. The number of rotatable bonds is 7. The van der Waals surface area contributed by atoms with Crippen molar-refractivity contribution in [1.82, 2.24) is 19.4 Å². The molecule has 31 heavy (non-hydrogen) atoms. The van der Waals surface area contributed by atoms with Gasteiger partial charge in [-0.15, -0.1) is 0 Å². The van der Waals surface area contributed by atoms with Crippen molar-refractivity contribution in [3.63, 3.8) is 0 Å². The third-order valence-electron chi connectivity index (χ3n) is 5.77. The van der Waals surface area contributed by atoms with Crippen molar-refractivity contribution in [2.75, 3.05) is 31.1 Å². The molecule has 1 amide bonds. The number of benzene rings is 1. The minimum absolute atomic E-state index is 0.0544. The van der Waals surface area contributed by atoms with Crippen LogP contribution in [0, 0.1) is 4.77 Å². The number of pyridine rings is 1. The van der Waals surface area contributed by atoms with Crippen LogP contribution in [-0.2, 0) is 11.3 Å². The van der Waals surface area contributed by atoms with Crippen molar-refractivity contribution in [3.05, 3.63) is 63.8 Å². The summed E-state index contributed by atoms with van der Waals surface area (Å²) in [5, 5.41) is 0.649. The Bertz CT molecular complexity index is 1150. The Morgan fingerprint density at radius 2 is 1.77 bits per heavy atom. The first kappa shape index (κ1) is 21.2. The lowest BCUT2D eigenvalue weighted by Gasteiger charge is -2.35. The largest absolute Gasteiger partial charge is 0.353 e. The summed E-state index contributed by atoms with van der Waals surface area (Å²) in [7, 11) is 0. The number of aromatic amines is 1. The molecule has 1 saturated heterocycles. The molecule has 4 rings (SSSR count). The fraction of sp³-hybridized carbons (Fsp3) is 0.391. The van der Waals surface area contributed by atoms with Crippen LogP contribution in [0.4, 0.5) is 5.82 Å². The van der Waals surface area contributed by atoms with Gasteiger partial charge in [-0.1, -0.05) is 24.6 Å². The molecule has 1 N–H and O–H groups in total. The second kappa shape index (κ2) is 9.87. The van der Waals surface area contributed by atoms with Crippen molar-refractivity contribution in [2.45, 2.75) is 32.2 Å². The van der Waals surface area contributed by atoms with Crippen LogP contribution in [0.1, 0.15) is 25.7 Å². The third-order valence-corrected chi connectivity index (χ3v) is 6.09. The molecule has 0 bridgehead atoms. The first-order valence-electron chi connectivity index (χ1n) is 10.8. The minimum Gasteiger partial charge on any atom is -0.353 e. The number of aromatic nitrogens is 3. The smallest absolute Gasteiger partial charge is 0.262 e. The monoisotopic (exact) mass is 437 g/mol. The van der Waals surface area contributed by atoms with Gasteiger partial charge in [0.25, 0.3) is 5.56 Å². The van der Waals surface area contributed by atoms with Crippen LogP contribution >= 0.6 is 12.2 Å². The van der Waals surface area contributed by atoms with Gasteiger partial charge in [-0.05, 0) is 49.3 Å². The lowest BCUT2D eigenvalue weighted by atomic mass is 10.1. The van der Waals surface area contributed by atoms with Gasteiger partial charge in [-0.3, -0.25) is 14.2 Å². The summed E-state index contributed by atoms with van der Waals surface area (Å²) >= 11 is 5.35. The first-order valence-corrected chi connectivity index (χ1v) is 11.2. The van der Waals surface area contributed by atoms with Crippen molar-refractivity contribution in [1.29, 1.82) is 0 Å². The van der Waals surface area contributed by atoms with Crippen molar-refractivity contribution < 1.29 is 4.79 Å². The molecule has 0 saturated carbocycles. The number of hydrogen-bond donors (Lipinski definition) is 1. The molecule has 0 radical (unpaired) electrons. The summed E-state index contributed by atoms with van der Waals surface area (Å²) in [4.78, 5) is 36.9. The Balaban J connectivity index is 1.21. The van der Waals surface area contributed by atoms with Crippen LogP contribution < -0.4 is 10.5 Å². The number of amides is 1. The van der Waals surface area contributed by atoms with Gasteiger partial charge in [0.15, 0.2) is 4.77 Å². The summed E-state index contributed by atoms with van der Waals surface area (Å²) < 4.78 is 2.07. The number of piperazine rings is 1. The van der Waals surface area contributed by atoms with E-state index in [9.17, 15) is 9.59 Å². The lowest BCUT2D eigenvalue weighted by molar-refractivity contribution is -0.131. The maximum absolute atomic E-state index is 12.7. The van der Waals surface area contributed by atoms with Crippen LogP contribution in [0.25, 0.3) is 10.9 Å². The lowest BCUT2D eigenvalue weighted by Crippen LogP contribution is -2.49. The van der Waals surface area contributed by atoms with Crippen LogP contribution in [0.5, 0.6) is 0 Å². The second-order valence-corrected chi connectivity index (χ2v) is 8.19. The van der Waals surface area contributed by atoms with Gasteiger partial charge < -0.3 is 14.8 Å². The normalized spacial score (nSPS) is 14.2. The maximum Gasteiger partial charge on any atom is 0.262 e. The average Bonchev–Trinajstić information content (AvgIpc) is 2.81. The van der Waals surface area contributed by atoms with Crippen molar-refractivity contribution in [2.24, 2.45) is 0 Å². The molecule has 162 valence electrons. The van der Waals surface area contributed by atoms with E-state index in [0.29, 0.717) is 23.1 Å². The fourth-order valence-electron chi connectivity index (χ4n) is 4.01. The molecule has 0 atom stereocenters.